The normalized spacial score (nSPS) is 10.6. The number of fused-ring (bicyclic) bond motifs is 1. The third-order valence-corrected chi connectivity index (χ3v) is 3.15. The summed E-state index contributed by atoms with van der Waals surface area (Å²) in [7, 11) is 0. The van der Waals surface area contributed by atoms with Crippen LogP contribution in [0.2, 0.25) is 0 Å². The third kappa shape index (κ3) is 2.23. The number of amides is 1. The van der Waals surface area contributed by atoms with E-state index in [0.29, 0.717) is 11.1 Å². The van der Waals surface area contributed by atoms with Crippen LogP contribution in [0.25, 0.3) is 10.8 Å². The molecule has 1 amide bonds. The number of hydrogen-bond acceptors (Lipinski definition) is 3. The highest BCUT2D eigenvalue weighted by Gasteiger charge is 2.13. The van der Waals surface area contributed by atoms with Gasteiger partial charge in [-0.2, -0.15) is 0 Å². The van der Waals surface area contributed by atoms with Gasteiger partial charge < -0.3 is 14.8 Å². The lowest BCUT2D eigenvalue weighted by Gasteiger charge is -2.08. The van der Waals surface area contributed by atoms with E-state index in [1.165, 1.54) is 0 Å². The summed E-state index contributed by atoms with van der Waals surface area (Å²) in [5.74, 6) is 0.336. The lowest BCUT2D eigenvalue weighted by atomic mass is 10.0. The van der Waals surface area contributed by atoms with E-state index in [0.717, 1.165) is 5.39 Å². The molecule has 0 fully saturated rings. The van der Waals surface area contributed by atoms with Crippen molar-refractivity contribution < 1.29 is 14.3 Å². The number of hydrogen-bond donors (Lipinski definition) is 2. The largest absolute Gasteiger partial charge is 0.506 e. The first kappa shape index (κ1) is 12.3. The van der Waals surface area contributed by atoms with Crippen LogP contribution < -0.4 is 5.32 Å². The summed E-state index contributed by atoms with van der Waals surface area (Å²) in [6.07, 6.45) is 1.55. The Morgan fingerprint density at radius 1 is 1.10 bits per heavy atom. The molecule has 0 aliphatic carbocycles. The van der Waals surface area contributed by atoms with Crippen LogP contribution in [0, 0.1) is 0 Å². The number of phenolic OH excluding ortho intramolecular Hbond substituents is 1. The van der Waals surface area contributed by atoms with Crippen molar-refractivity contribution in [3.8, 4) is 5.75 Å². The molecule has 0 saturated carbocycles. The lowest BCUT2D eigenvalue weighted by Crippen LogP contribution is -2.22. The highest BCUT2D eigenvalue weighted by atomic mass is 16.3. The SMILES string of the molecule is O=C(NCc1ccco1)c1ccc2ccccc2c1O. The van der Waals surface area contributed by atoms with Gasteiger partial charge in [-0.3, -0.25) is 4.79 Å². The number of rotatable bonds is 3. The molecule has 20 heavy (non-hydrogen) atoms. The van der Waals surface area contributed by atoms with Crippen molar-refractivity contribution in [2.45, 2.75) is 6.54 Å². The average molecular weight is 267 g/mol. The van der Waals surface area contributed by atoms with Gasteiger partial charge in [0.2, 0.25) is 0 Å². The molecule has 2 N–H and O–H groups in total. The maximum atomic E-state index is 12.1. The van der Waals surface area contributed by atoms with Gasteiger partial charge in [0.25, 0.3) is 5.91 Å². The average Bonchev–Trinajstić information content (AvgIpc) is 2.99. The van der Waals surface area contributed by atoms with Gasteiger partial charge in [-0.05, 0) is 23.6 Å². The highest BCUT2D eigenvalue weighted by Crippen LogP contribution is 2.28. The summed E-state index contributed by atoms with van der Waals surface area (Å²) < 4.78 is 5.14. The van der Waals surface area contributed by atoms with E-state index in [4.69, 9.17) is 4.42 Å². The molecule has 0 atom stereocenters. The van der Waals surface area contributed by atoms with Crippen molar-refractivity contribution in [1.82, 2.24) is 5.32 Å². The summed E-state index contributed by atoms with van der Waals surface area (Å²) in [5.41, 5.74) is 0.259. The first-order chi connectivity index (χ1) is 9.75. The predicted octanol–water partition coefficient (Wildman–Crippen LogP) is 3.07. The Hall–Kier alpha value is -2.75. The third-order valence-electron chi connectivity index (χ3n) is 3.15. The second-order valence-electron chi connectivity index (χ2n) is 4.44. The van der Waals surface area contributed by atoms with Crippen LogP contribution in [0.15, 0.2) is 59.2 Å². The molecule has 0 aliphatic rings. The fourth-order valence-electron chi connectivity index (χ4n) is 2.11. The quantitative estimate of drug-likeness (QED) is 0.766. The fraction of sp³-hybridized carbons (Fsp3) is 0.0625. The number of carbonyl (C=O) groups is 1. The van der Waals surface area contributed by atoms with E-state index < -0.39 is 0 Å². The van der Waals surface area contributed by atoms with E-state index in [1.807, 2.05) is 24.3 Å². The van der Waals surface area contributed by atoms with Gasteiger partial charge in [-0.25, -0.2) is 0 Å². The zero-order valence-electron chi connectivity index (χ0n) is 10.7. The minimum absolute atomic E-state index is 0.0000416. The Morgan fingerprint density at radius 3 is 2.75 bits per heavy atom. The molecule has 0 spiro atoms. The maximum absolute atomic E-state index is 12.1. The van der Waals surface area contributed by atoms with Crippen LogP contribution in [0.4, 0.5) is 0 Å². The number of nitrogens with one attached hydrogen (secondary N) is 1. The first-order valence-corrected chi connectivity index (χ1v) is 6.27. The molecule has 0 aliphatic heterocycles. The van der Waals surface area contributed by atoms with Crippen LogP contribution in [0.5, 0.6) is 5.75 Å². The summed E-state index contributed by atoms with van der Waals surface area (Å²) >= 11 is 0. The van der Waals surface area contributed by atoms with Crippen LogP contribution in [0.3, 0.4) is 0 Å². The molecule has 0 radical (unpaired) electrons. The molecule has 100 valence electrons. The highest BCUT2D eigenvalue weighted by molar-refractivity contribution is 6.03. The minimum atomic E-state index is -0.329. The van der Waals surface area contributed by atoms with E-state index in [1.54, 1.807) is 30.5 Å². The first-order valence-electron chi connectivity index (χ1n) is 6.27. The second kappa shape index (κ2) is 5.09. The topological polar surface area (TPSA) is 62.5 Å². The van der Waals surface area contributed by atoms with Crippen molar-refractivity contribution in [3.05, 3.63) is 66.1 Å². The number of furan rings is 1. The maximum Gasteiger partial charge on any atom is 0.255 e. The molecule has 3 aromatic rings. The summed E-state index contributed by atoms with van der Waals surface area (Å²) in [6, 6.07) is 14.4. The standard InChI is InChI=1S/C16H13NO3/c18-15-13-6-2-1-4-11(13)7-8-14(15)16(19)17-10-12-5-3-9-20-12/h1-9,18H,10H2,(H,17,19). The van der Waals surface area contributed by atoms with Crippen molar-refractivity contribution in [2.75, 3.05) is 0 Å². The van der Waals surface area contributed by atoms with Gasteiger partial charge in [0, 0.05) is 5.39 Å². The molecule has 1 heterocycles. The monoisotopic (exact) mass is 267 g/mol. The lowest BCUT2D eigenvalue weighted by molar-refractivity contribution is 0.0945. The Morgan fingerprint density at radius 2 is 1.95 bits per heavy atom. The van der Waals surface area contributed by atoms with Gasteiger partial charge >= 0.3 is 0 Å². The Balaban J connectivity index is 1.86. The zero-order chi connectivity index (χ0) is 13.9. The van der Waals surface area contributed by atoms with Crippen LogP contribution >= 0.6 is 0 Å². The molecule has 0 saturated heterocycles. The molecule has 4 heteroatoms. The Labute approximate surface area is 115 Å². The van der Waals surface area contributed by atoms with Crippen molar-refractivity contribution >= 4 is 16.7 Å². The van der Waals surface area contributed by atoms with Gasteiger partial charge in [0.15, 0.2) is 0 Å². The summed E-state index contributed by atoms with van der Waals surface area (Å²) in [5, 5.41) is 14.5. The minimum Gasteiger partial charge on any atom is -0.506 e. The van der Waals surface area contributed by atoms with E-state index in [-0.39, 0.29) is 23.8 Å². The number of phenols is 1. The molecule has 2 aromatic carbocycles. The van der Waals surface area contributed by atoms with Gasteiger partial charge in [-0.15, -0.1) is 0 Å². The van der Waals surface area contributed by atoms with E-state index in [9.17, 15) is 9.90 Å². The number of aromatic hydroxyl groups is 1. The van der Waals surface area contributed by atoms with Gasteiger partial charge in [0.1, 0.15) is 11.5 Å². The van der Waals surface area contributed by atoms with Gasteiger partial charge in [-0.1, -0.05) is 30.3 Å². The summed E-state index contributed by atoms with van der Waals surface area (Å²) in [6.45, 7) is 0.290. The van der Waals surface area contributed by atoms with Crippen molar-refractivity contribution in [1.29, 1.82) is 0 Å². The molecule has 3 rings (SSSR count). The zero-order valence-corrected chi connectivity index (χ0v) is 10.7. The molecule has 4 nitrogen and oxygen atoms in total. The molecule has 0 bridgehead atoms. The fourth-order valence-corrected chi connectivity index (χ4v) is 2.11. The number of carbonyl (C=O) groups excluding carboxylic acids is 1. The van der Waals surface area contributed by atoms with Crippen LogP contribution in [-0.4, -0.2) is 11.0 Å². The molecular formula is C16H13NO3. The van der Waals surface area contributed by atoms with E-state index in [2.05, 4.69) is 5.32 Å². The predicted molar refractivity (Wildman–Crippen MR) is 75.5 cm³/mol. The Bertz CT molecular complexity index is 748. The molecular weight excluding hydrogens is 254 g/mol. The van der Waals surface area contributed by atoms with Gasteiger partial charge in [0.05, 0.1) is 18.4 Å². The van der Waals surface area contributed by atoms with Crippen molar-refractivity contribution in [3.63, 3.8) is 0 Å². The second-order valence-corrected chi connectivity index (χ2v) is 4.44. The molecule has 1 aromatic heterocycles. The number of benzene rings is 2. The Kier molecular flexibility index (Phi) is 3.13. The molecule has 0 unspecified atom stereocenters. The van der Waals surface area contributed by atoms with Crippen molar-refractivity contribution in [2.24, 2.45) is 0 Å². The van der Waals surface area contributed by atoms with Crippen LogP contribution in [-0.2, 0) is 6.54 Å². The van der Waals surface area contributed by atoms with E-state index >= 15 is 0 Å². The summed E-state index contributed by atoms with van der Waals surface area (Å²) in [4.78, 5) is 12.1. The van der Waals surface area contributed by atoms with Crippen LogP contribution in [0.1, 0.15) is 16.1 Å². The smallest absolute Gasteiger partial charge is 0.255 e.